The summed E-state index contributed by atoms with van der Waals surface area (Å²) >= 11 is 0. The van der Waals surface area contributed by atoms with Gasteiger partial charge in [-0.3, -0.25) is 0 Å². The quantitative estimate of drug-likeness (QED) is 0.608. The van der Waals surface area contributed by atoms with Gasteiger partial charge in [0.05, 0.1) is 0 Å². The molecule has 0 aliphatic carbocycles. The first kappa shape index (κ1) is 9.47. The fraction of sp³-hybridized carbons (Fsp3) is 1.00. The van der Waals surface area contributed by atoms with Gasteiger partial charge in [-0.15, -0.1) is 0 Å². The summed E-state index contributed by atoms with van der Waals surface area (Å²) in [7, 11) is 2.28. The van der Waals surface area contributed by atoms with Crippen molar-refractivity contribution in [2.75, 3.05) is 26.7 Å². The predicted octanol–water partition coefficient (Wildman–Crippen LogP) is 1.33. The molecule has 0 radical (unpaired) electrons. The third-order valence-electron chi connectivity index (χ3n) is 4.13. The number of likely N-dealkylation sites (N-methyl/N-ethyl adjacent to an activating group) is 1. The van der Waals surface area contributed by atoms with Crippen molar-refractivity contribution in [1.82, 2.24) is 10.2 Å². The second kappa shape index (κ2) is 3.25. The number of nitrogens with one attached hydrogen (secondary N) is 1. The Labute approximate surface area is 81.7 Å². The summed E-state index contributed by atoms with van der Waals surface area (Å²) in [4.78, 5) is 2.54. The van der Waals surface area contributed by atoms with Gasteiger partial charge in [-0.1, -0.05) is 13.8 Å². The Morgan fingerprint density at radius 1 is 1.38 bits per heavy atom. The second-order valence-corrected chi connectivity index (χ2v) is 5.39. The highest BCUT2D eigenvalue weighted by Gasteiger charge is 2.42. The van der Waals surface area contributed by atoms with Gasteiger partial charge in [0.15, 0.2) is 0 Å². The zero-order valence-corrected chi connectivity index (χ0v) is 9.14. The van der Waals surface area contributed by atoms with Gasteiger partial charge in [0.2, 0.25) is 0 Å². The average molecular weight is 182 g/mol. The third kappa shape index (κ3) is 1.62. The van der Waals surface area contributed by atoms with Crippen molar-refractivity contribution in [3.8, 4) is 0 Å². The zero-order chi connectivity index (χ0) is 9.47. The van der Waals surface area contributed by atoms with E-state index in [0.717, 1.165) is 12.0 Å². The van der Waals surface area contributed by atoms with Gasteiger partial charge < -0.3 is 10.2 Å². The molecule has 13 heavy (non-hydrogen) atoms. The molecule has 0 amide bonds. The Morgan fingerprint density at radius 2 is 2.15 bits per heavy atom. The molecule has 2 unspecified atom stereocenters. The molecule has 2 fully saturated rings. The van der Waals surface area contributed by atoms with E-state index in [0.29, 0.717) is 5.41 Å². The van der Waals surface area contributed by atoms with E-state index < -0.39 is 0 Å². The topological polar surface area (TPSA) is 15.3 Å². The molecule has 0 aromatic carbocycles. The van der Waals surface area contributed by atoms with Crippen LogP contribution in [0.15, 0.2) is 0 Å². The molecule has 2 rings (SSSR count). The molecular weight excluding hydrogens is 160 g/mol. The number of hydrogen-bond acceptors (Lipinski definition) is 2. The predicted molar refractivity (Wildman–Crippen MR) is 55.8 cm³/mol. The Kier molecular flexibility index (Phi) is 2.37. The van der Waals surface area contributed by atoms with Gasteiger partial charge in [-0.25, -0.2) is 0 Å². The highest BCUT2D eigenvalue weighted by molar-refractivity contribution is 4.96. The lowest BCUT2D eigenvalue weighted by Gasteiger charge is -2.51. The van der Waals surface area contributed by atoms with Crippen molar-refractivity contribution in [2.24, 2.45) is 11.3 Å². The lowest BCUT2D eigenvalue weighted by molar-refractivity contribution is -0.00148. The van der Waals surface area contributed by atoms with Crippen LogP contribution in [0.2, 0.25) is 0 Å². The molecule has 2 heterocycles. The summed E-state index contributed by atoms with van der Waals surface area (Å²) in [5.74, 6) is 0.910. The Morgan fingerprint density at radius 3 is 2.85 bits per heavy atom. The molecule has 2 aliphatic rings. The molecular formula is C11H22N2. The van der Waals surface area contributed by atoms with Crippen LogP contribution in [-0.2, 0) is 0 Å². The summed E-state index contributed by atoms with van der Waals surface area (Å²) < 4.78 is 0. The van der Waals surface area contributed by atoms with E-state index in [1.165, 1.54) is 32.5 Å². The van der Waals surface area contributed by atoms with Crippen molar-refractivity contribution in [2.45, 2.75) is 32.7 Å². The van der Waals surface area contributed by atoms with E-state index in [1.54, 1.807) is 0 Å². The third-order valence-corrected chi connectivity index (χ3v) is 4.13. The maximum absolute atomic E-state index is 3.51. The molecule has 0 aromatic heterocycles. The molecule has 76 valence electrons. The molecule has 2 heteroatoms. The molecule has 0 saturated carbocycles. The average Bonchev–Trinajstić information content (AvgIpc) is 2.13. The standard InChI is InChI=1S/C11H22N2/c1-11(2)5-7-13(3)10-8-12-6-4-9(10)11/h9-10,12H,4-8H2,1-3H3. The monoisotopic (exact) mass is 182 g/mol. The highest BCUT2D eigenvalue weighted by Crippen LogP contribution is 2.41. The van der Waals surface area contributed by atoms with Gasteiger partial charge in [0, 0.05) is 12.6 Å². The van der Waals surface area contributed by atoms with Crippen LogP contribution in [0.3, 0.4) is 0 Å². The first-order valence-corrected chi connectivity index (χ1v) is 5.52. The van der Waals surface area contributed by atoms with Crippen LogP contribution < -0.4 is 5.32 Å². The lowest BCUT2D eigenvalue weighted by atomic mass is 9.67. The van der Waals surface area contributed by atoms with Crippen LogP contribution in [0, 0.1) is 11.3 Å². The Hall–Kier alpha value is -0.0800. The summed E-state index contributed by atoms with van der Waals surface area (Å²) in [6.07, 6.45) is 2.73. The minimum Gasteiger partial charge on any atom is -0.315 e. The fourth-order valence-corrected chi connectivity index (χ4v) is 3.03. The molecule has 0 spiro atoms. The van der Waals surface area contributed by atoms with E-state index in [4.69, 9.17) is 0 Å². The molecule has 1 N–H and O–H groups in total. The molecule has 2 atom stereocenters. The number of hydrogen-bond donors (Lipinski definition) is 1. The summed E-state index contributed by atoms with van der Waals surface area (Å²) in [5.41, 5.74) is 0.569. The van der Waals surface area contributed by atoms with Crippen LogP contribution in [0.5, 0.6) is 0 Å². The first-order valence-electron chi connectivity index (χ1n) is 5.52. The van der Waals surface area contributed by atoms with Gasteiger partial charge in [-0.2, -0.15) is 0 Å². The minimum absolute atomic E-state index is 0.569. The molecule has 2 saturated heterocycles. The largest absolute Gasteiger partial charge is 0.315 e. The smallest absolute Gasteiger partial charge is 0.0251 e. The summed E-state index contributed by atoms with van der Waals surface area (Å²) in [6, 6.07) is 0.789. The molecule has 2 nitrogen and oxygen atoms in total. The maximum atomic E-state index is 3.51. The Bertz CT molecular complexity index is 189. The van der Waals surface area contributed by atoms with Crippen LogP contribution in [0.25, 0.3) is 0 Å². The van der Waals surface area contributed by atoms with Crippen molar-refractivity contribution in [3.05, 3.63) is 0 Å². The van der Waals surface area contributed by atoms with E-state index >= 15 is 0 Å². The van der Waals surface area contributed by atoms with Crippen LogP contribution in [0.4, 0.5) is 0 Å². The SMILES string of the molecule is CN1CCC(C)(C)C2CCNCC21. The van der Waals surface area contributed by atoms with Crippen molar-refractivity contribution in [3.63, 3.8) is 0 Å². The van der Waals surface area contributed by atoms with E-state index in [2.05, 4.69) is 31.1 Å². The molecule has 2 aliphatic heterocycles. The van der Waals surface area contributed by atoms with E-state index in [9.17, 15) is 0 Å². The van der Waals surface area contributed by atoms with Crippen LogP contribution >= 0.6 is 0 Å². The van der Waals surface area contributed by atoms with E-state index in [-0.39, 0.29) is 0 Å². The fourth-order valence-electron chi connectivity index (χ4n) is 3.03. The Balaban J connectivity index is 2.14. The van der Waals surface area contributed by atoms with Gasteiger partial charge in [0.1, 0.15) is 0 Å². The van der Waals surface area contributed by atoms with Gasteiger partial charge in [0.25, 0.3) is 0 Å². The first-order chi connectivity index (χ1) is 6.11. The lowest BCUT2D eigenvalue weighted by Crippen LogP contribution is -2.58. The summed E-state index contributed by atoms with van der Waals surface area (Å²) in [5, 5.41) is 3.51. The minimum atomic E-state index is 0.569. The number of fused-ring (bicyclic) bond motifs is 1. The van der Waals surface area contributed by atoms with Crippen LogP contribution in [-0.4, -0.2) is 37.6 Å². The normalized spacial score (nSPS) is 39.9. The highest BCUT2D eigenvalue weighted by atomic mass is 15.2. The second-order valence-electron chi connectivity index (χ2n) is 5.39. The molecule has 0 aromatic rings. The zero-order valence-electron chi connectivity index (χ0n) is 9.14. The maximum Gasteiger partial charge on any atom is 0.0251 e. The van der Waals surface area contributed by atoms with Gasteiger partial charge in [-0.05, 0) is 44.3 Å². The molecule has 0 bridgehead atoms. The van der Waals surface area contributed by atoms with Crippen molar-refractivity contribution in [1.29, 1.82) is 0 Å². The number of piperidine rings is 2. The number of nitrogens with zero attached hydrogens (tertiary/aromatic N) is 1. The van der Waals surface area contributed by atoms with E-state index in [1.807, 2.05) is 0 Å². The summed E-state index contributed by atoms with van der Waals surface area (Å²) in [6.45, 7) is 8.59. The van der Waals surface area contributed by atoms with Crippen LogP contribution in [0.1, 0.15) is 26.7 Å². The van der Waals surface area contributed by atoms with Gasteiger partial charge >= 0.3 is 0 Å². The van der Waals surface area contributed by atoms with Crippen molar-refractivity contribution < 1.29 is 0 Å². The number of rotatable bonds is 0. The van der Waals surface area contributed by atoms with Crippen molar-refractivity contribution >= 4 is 0 Å². The number of likely N-dealkylation sites (tertiary alicyclic amines) is 1.